The molecule has 0 aromatic carbocycles. The van der Waals surface area contributed by atoms with Gasteiger partial charge in [-0.1, -0.05) is 0 Å². The van der Waals surface area contributed by atoms with Gasteiger partial charge in [0, 0.05) is 19.3 Å². The number of esters is 1. The maximum Gasteiger partial charge on any atom is 0.311 e. The third-order valence-electron chi connectivity index (χ3n) is 4.21. The van der Waals surface area contributed by atoms with Crippen molar-refractivity contribution in [3.05, 3.63) is 12.3 Å². The molecular formula is C14H22N4O2. The predicted octanol–water partition coefficient (Wildman–Crippen LogP) is 1.47. The van der Waals surface area contributed by atoms with E-state index in [1.54, 1.807) is 6.20 Å². The van der Waals surface area contributed by atoms with Gasteiger partial charge < -0.3 is 15.4 Å². The number of ether oxygens (including phenoxy) is 1. The molecule has 2 N–H and O–H groups in total. The molecule has 2 heterocycles. The predicted molar refractivity (Wildman–Crippen MR) is 77.2 cm³/mol. The highest BCUT2D eigenvalue weighted by atomic mass is 16.5. The van der Waals surface area contributed by atoms with Crippen LogP contribution in [0.15, 0.2) is 12.3 Å². The number of aromatic nitrogens is 2. The van der Waals surface area contributed by atoms with Crippen molar-refractivity contribution < 1.29 is 9.53 Å². The minimum Gasteiger partial charge on any atom is -0.469 e. The zero-order valence-corrected chi connectivity index (χ0v) is 12.3. The lowest BCUT2D eigenvalue weighted by atomic mass is 9.73. The van der Waals surface area contributed by atoms with Crippen LogP contribution in [-0.2, 0) is 9.53 Å². The van der Waals surface area contributed by atoms with Crippen LogP contribution in [0.1, 0.15) is 26.7 Å². The Morgan fingerprint density at radius 2 is 2.10 bits per heavy atom. The molecule has 0 amide bonds. The minimum atomic E-state index is -0.439. The number of nitrogens with zero attached hydrogens (tertiary/aromatic N) is 3. The van der Waals surface area contributed by atoms with Crippen molar-refractivity contribution in [2.24, 2.45) is 11.3 Å². The molecule has 0 aliphatic carbocycles. The highest BCUT2D eigenvalue weighted by Crippen LogP contribution is 2.36. The van der Waals surface area contributed by atoms with Crippen LogP contribution in [0.5, 0.6) is 0 Å². The largest absolute Gasteiger partial charge is 0.469 e. The number of hydrogen-bond acceptors (Lipinski definition) is 6. The smallest absolute Gasteiger partial charge is 0.311 e. The van der Waals surface area contributed by atoms with Crippen LogP contribution in [0.4, 0.5) is 11.8 Å². The van der Waals surface area contributed by atoms with Gasteiger partial charge in [-0.3, -0.25) is 4.79 Å². The molecule has 1 aromatic rings. The molecule has 6 heteroatoms. The summed E-state index contributed by atoms with van der Waals surface area (Å²) in [5.41, 5.74) is 5.17. The maximum atomic E-state index is 11.9. The SMILES string of the molecule is COC(=O)C(C)(C)C1CCN(c2ccnc(N)n2)CC1. The number of piperidine rings is 1. The molecule has 0 bridgehead atoms. The molecule has 20 heavy (non-hydrogen) atoms. The molecule has 1 fully saturated rings. The van der Waals surface area contributed by atoms with Gasteiger partial charge in [0.25, 0.3) is 0 Å². The number of methoxy groups -OCH3 is 1. The Labute approximate surface area is 119 Å². The Bertz CT molecular complexity index is 482. The summed E-state index contributed by atoms with van der Waals surface area (Å²) < 4.78 is 4.91. The quantitative estimate of drug-likeness (QED) is 0.843. The normalized spacial score (nSPS) is 17.1. The van der Waals surface area contributed by atoms with Crippen molar-refractivity contribution in [2.75, 3.05) is 30.8 Å². The molecule has 0 atom stereocenters. The van der Waals surface area contributed by atoms with E-state index >= 15 is 0 Å². The Hall–Kier alpha value is -1.85. The van der Waals surface area contributed by atoms with Gasteiger partial charge in [-0.2, -0.15) is 4.98 Å². The molecule has 2 rings (SSSR count). The molecule has 0 radical (unpaired) electrons. The van der Waals surface area contributed by atoms with Gasteiger partial charge in [-0.05, 0) is 38.7 Å². The molecular weight excluding hydrogens is 256 g/mol. The van der Waals surface area contributed by atoms with Gasteiger partial charge in [0.2, 0.25) is 5.95 Å². The van der Waals surface area contributed by atoms with E-state index in [9.17, 15) is 4.79 Å². The number of nitrogen functional groups attached to an aromatic ring is 1. The number of carbonyl (C=O) groups is 1. The second-order valence-electron chi connectivity index (χ2n) is 5.75. The molecule has 0 unspecified atom stereocenters. The summed E-state index contributed by atoms with van der Waals surface area (Å²) in [7, 11) is 1.45. The molecule has 0 saturated carbocycles. The lowest BCUT2D eigenvalue weighted by Gasteiger charge is -2.39. The van der Waals surface area contributed by atoms with Gasteiger partial charge in [0.05, 0.1) is 12.5 Å². The summed E-state index contributed by atoms with van der Waals surface area (Å²) >= 11 is 0. The third kappa shape index (κ3) is 2.84. The molecule has 1 aromatic heterocycles. The second-order valence-corrected chi connectivity index (χ2v) is 5.75. The fourth-order valence-corrected chi connectivity index (χ4v) is 2.80. The van der Waals surface area contributed by atoms with E-state index in [0.29, 0.717) is 11.9 Å². The Balaban J connectivity index is 2.01. The van der Waals surface area contributed by atoms with Gasteiger partial charge in [-0.15, -0.1) is 0 Å². The molecule has 1 aliphatic heterocycles. The van der Waals surface area contributed by atoms with Crippen molar-refractivity contribution in [3.63, 3.8) is 0 Å². The zero-order chi connectivity index (χ0) is 14.8. The Kier molecular flexibility index (Phi) is 4.11. The summed E-state index contributed by atoms with van der Waals surface area (Å²) in [6.45, 7) is 5.65. The monoisotopic (exact) mass is 278 g/mol. The van der Waals surface area contributed by atoms with Crippen LogP contribution in [0, 0.1) is 11.3 Å². The molecule has 1 saturated heterocycles. The van der Waals surface area contributed by atoms with E-state index in [2.05, 4.69) is 14.9 Å². The van der Waals surface area contributed by atoms with Gasteiger partial charge in [0.1, 0.15) is 5.82 Å². The first-order chi connectivity index (χ1) is 9.45. The van der Waals surface area contributed by atoms with Crippen LogP contribution in [-0.4, -0.2) is 36.1 Å². The van der Waals surface area contributed by atoms with Crippen LogP contribution in [0.2, 0.25) is 0 Å². The van der Waals surface area contributed by atoms with E-state index in [-0.39, 0.29) is 5.97 Å². The second kappa shape index (κ2) is 5.64. The fraction of sp³-hybridized carbons (Fsp3) is 0.643. The Morgan fingerprint density at radius 1 is 1.45 bits per heavy atom. The molecule has 1 aliphatic rings. The van der Waals surface area contributed by atoms with Crippen molar-refractivity contribution in [3.8, 4) is 0 Å². The third-order valence-corrected chi connectivity index (χ3v) is 4.21. The van der Waals surface area contributed by atoms with Crippen LogP contribution in [0.25, 0.3) is 0 Å². The van der Waals surface area contributed by atoms with Gasteiger partial charge in [-0.25, -0.2) is 4.98 Å². The van der Waals surface area contributed by atoms with E-state index in [1.807, 2.05) is 19.9 Å². The first-order valence-corrected chi connectivity index (χ1v) is 6.87. The van der Waals surface area contributed by atoms with Gasteiger partial charge in [0.15, 0.2) is 0 Å². The van der Waals surface area contributed by atoms with Crippen molar-refractivity contribution >= 4 is 17.7 Å². The topological polar surface area (TPSA) is 81.3 Å². The fourth-order valence-electron chi connectivity index (χ4n) is 2.80. The number of carbonyl (C=O) groups excluding carboxylic acids is 1. The molecule has 6 nitrogen and oxygen atoms in total. The average Bonchev–Trinajstić information content (AvgIpc) is 2.46. The zero-order valence-electron chi connectivity index (χ0n) is 12.3. The average molecular weight is 278 g/mol. The summed E-state index contributed by atoms with van der Waals surface area (Å²) in [6, 6.07) is 1.86. The van der Waals surface area contributed by atoms with E-state index in [0.717, 1.165) is 31.7 Å². The number of nitrogens with two attached hydrogens (primary N) is 1. The number of anilines is 2. The lowest BCUT2D eigenvalue weighted by Crippen LogP contribution is -2.42. The van der Waals surface area contributed by atoms with Gasteiger partial charge >= 0.3 is 5.97 Å². The van der Waals surface area contributed by atoms with Crippen molar-refractivity contribution in [1.29, 1.82) is 0 Å². The lowest BCUT2D eigenvalue weighted by molar-refractivity contribution is -0.154. The van der Waals surface area contributed by atoms with Crippen LogP contribution < -0.4 is 10.6 Å². The first kappa shape index (κ1) is 14.6. The Morgan fingerprint density at radius 3 is 2.65 bits per heavy atom. The minimum absolute atomic E-state index is 0.137. The summed E-state index contributed by atoms with van der Waals surface area (Å²) in [5.74, 6) is 1.33. The van der Waals surface area contributed by atoms with Crippen molar-refractivity contribution in [1.82, 2.24) is 9.97 Å². The van der Waals surface area contributed by atoms with Crippen molar-refractivity contribution in [2.45, 2.75) is 26.7 Å². The first-order valence-electron chi connectivity index (χ1n) is 6.87. The van der Waals surface area contributed by atoms with Crippen LogP contribution >= 0.6 is 0 Å². The summed E-state index contributed by atoms with van der Waals surface area (Å²) in [5, 5.41) is 0. The van der Waals surface area contributed by atoms with E-state index in [4.69, 9.17) is 10.5 Å². The number of rotatable bonds is 3. The highest BCUT2D eigenvalue weighted by Gasteiger charge is 2.39. The molecule has 0 spiro atoms. The highest BCUT2D eigenvalue weighted by molar-refractivity contribution is 5.76. The van der Waals surface area contributed by atoms with E-state index < -0.39 is 5.41 Å². The van der Waals surface area contributed by atoms with E-state index in [1.165, 1.54) is 7.11 Å². The number of hydrogen-bond donors (Lipinski definition) is 1. The van der Waals surface area contributed by atoms with Crippen LogP contribution in [0.3, 0.4) is 0 Å². The summed E-state index contributed by atoms with van der Waals surface area (Å²) in [4.78, 5) is 22.2. The summed E-state index contributed by atoms with van der Waals surface area (Å²) in [6.07, 6.45) is 3.54. The molecule has 110 valence electrons. The standard InChI is InChI=1S/C14H22N4O2/c1-14(2,12(19)20-3)10-5-8-18(9-6-10)11-4-7-16-13(15)17-11/h4,7,10H,5-6,8-9H2,1-3H3,(H2,15,16,17). The maximum absolute atomic E-state index is 11.9.